The van der Waals surface area contributed by atoms with Crippen LogP contribution in [0.15, 0.2) is 18.2 Å². The molecule has 8 nitrogen and oxygen atoms in total. The second kappa shape index (κ2) is 7.39. The van der Waals surface area contributed by atoms with Crippen LogP contribution in [0, 0.1) is 10.1 Å². The lowest BCUT2D eigenvalue weighted by molar-refractivity contribution is -0.384. The number of hydrogen-bond acceptors (Lipinski definition) is 6. The van der Waals surface area contributed by atoms with E-state index in [4.69, 9.17) is 4.74 Å². The van der Waals surface area contributed by atoms with Crippen molar-refractivity contribution in [2.24, 2.45) is 0 Å². The van der Waals surface area contributed by atoms with Crippen molar-refractivity contribution in [3.63, 3.8) is 0 Å². The van der Waals surface area contributed by atoms with E-state index in [1.165, 1.54) is 19.1 Å². The summed E-state index contributed by atoms with van der Waals surface area (Å²) in [6.07, 6.45) is -1.00. The van der Waals surface area contributed by atoms with Gasteiger partial charge in [-0.1, -0.05) is 0 Å². The monoisotopic (exact) mass is 309 g/mol. The minimum Gasteiger partial charge on any atom is -0.449 e. The number of nitrogens with zero attached hydrogens (tertiary/aromatic N) is 1. The summed E-state index contributed by atoms with van der Waals surface area (Å²) in [5.74, 6) is -1.24. The van der Waals surface area contributed by atoms with Crippen molar-refractivity contribution < 1.29 is 19.2 Å². The highest BCUT2D eigenvalue weighted by atomic mass is 16.6. The number of carbonyl (C=O) groups is 2. The summed E-state index contributed by atoms with van der Waals surface area (Å²) < 4.78 is 5.06. The molecule has 0 aliphatic carbocycles. The zero-order valence-corrected chi connectivity index (χ0v) is 12.9. The largest absolute Gasteiger partial charge is 0.449 e. The Bertz CT molecular complexity index is 586. The predicted molar refractivity (Wildman–Crippen MR) is 80.8 cm³/mol. The van der Waals surface area contributed by atoms with E-state index in [9.17, 15) is 19.7 Å². The van der Waals surface area contributed by atoms with E-state index in [1.54, 1.807) is 20.9 Å². The number of nitro groups is 1. The van der Waals surface area contributed by atoms with Crippen molar-refractivity contribution in [1.82, 2.24) is 5.32 Å². The van der Waals surface area contributed by atoms with Gasteiger partial charge in [0.05, 0.1) is 10.5 Å². The van der Waals surface area contributed by atoms with E-state index in [0.29, 0.717) is 5.69 Å². The van der Waals surface area contributed by atoms with Crippen molar-refractivity contribution >= 4 is 23.3 Å². The van der Waals surface area contributed by atoms with E-state index in [0.717, 1.165) is 6.07 Å². The summed E-state index contributed by atoms with van der Waals surface area (Å²) >= 11 is 0. The molecule has 0 spiro atoms. The van der Waals surface area contributed by atoms with Crippen LogP contribution in [0.3, 0.4) is 0 Å². The van der Waals surface area contributed by atoms with Gasteiger partial charge in [0, 0.05) is 30.9 Å². The second-order valence-electron chi connectivity index (χ2n) is 4.95. The van der Waals surface area contributed by atoms with Crippen LogP contribution < -0.4 is 10.6 Å². The third kappa shape index (κ3) is 4.44. The Labute approximate surface area is 128 Å². The number of carbonyl (C=O) groups excluding carboxylic acids is 2. The third-order valence-corrected chi connectivity index (χ3v) is 2.79. The highest BCUT2D eigenvalue weighted by molar-refractivity contribution is 5.98. The molecule has 1 rings (SSSR count). The fourth-order valence-corrected chi connectivity index (χ4v) is 1.71. The molecule has 0 radical (unpaired) electrons. The van der Waals surface area contributed by atoms with Crippen LogP contribution in [0.5, 0.6) is 0 Å². The average molecular weight is 309 g/mol. The van der Waals surface area contributed by atoms with Crippen LogP contribution in [0.2, 0.25) is 0 Å². The molecule has 0 saturated heterocycles. The molecule has 0 aliphatic heterocycles. The summed E-state index contributed by atoms with van der Waals surface area (Å²) in [7, 11) is 1.58. The fraction of sp³-hybridized carbons (Fsp3) is 0.429. The summed E-state index contributed by atoms with van der Waals surface area (Å²) in [6, 6.07) is 3.71. The zero-order chi connectivity index (χ0) is 16.9. The number of ether oxygens (including phenoxy) is 1. The van der Waals surface area contributed by atoms with Crippen LogP contribution >= 0.6 is 0 Å². The highest BCUT2D eigenvalue weighted by Gasteiger charge is 2.23. The van der Waals surface area contributed by atoms with Crippen LogP contribution in [0.4, 0.5) is 11.4 Å². The fourth-order valence-electron chi connectivity index (χ4n) is 1.71. The van der Waals surface area contributed by atoms with Crippen LogP contribution in [-0.4, -0.2) is 36.0 Å². The van der Waals surface area contributed by atoms with Crippen molar-refractivity contribution in [3.05, 3.63) is 33.9 Å². The topological polar surface area (TPSA) is 111 Å². The first-order valence-electron chi connectivity index (χ1n) is 6.73. The van der Waals surface area contributed by atoms with Gasteiger partial charge < -0.3 is 15.4 Å². The van der Waals surface area contributed by atoms with Gasteiger partial charge >= 0.3 is 5.97 Å². The SMILES string of the molecule is CNc1ccc([N+](=O)[O-])cc1C(=O)O[C@H](C)C(=O)NC(C)C. The molecule has 22 heavy (non-hydrogen) atoms. The molecule has 0 aromatic heterocycles. The van der Waals surface area contributed by atoms with Crippen LogP contribution in [0.25, 0.3) is 0 Å². The minimum absolute atomic E-state index is 0.000830. The van der Waals surface area contributed by atoms with E-state index >= 15 is 0 Å². The number of non-ortho nitro benzene ring substituents is 1. The molecule has 0 unspecified atom stereocenters. The van der Waals surface area contributed by atoms with Crippen LogP contribution in [-0.2, 0) is 9.53 Å². The first-order chi connectivity index (χ1) is 10.3. The molecule has 1 atom stereocenters. The molecular formula is C14H19N3O5. The first kappa shape index (κ1) is 17.4. The maximum atomic E-state index is 12.1. The molecule has 0 bridgehead atoms. The van der Waals surface area contributed by atoms with Gasteiger partial charge in [-0.15, -0.1) is 0 Å². The molecule has 0 fully saturated rings. The van der Waals surface area contributed by atoms with Gasteiger partial charge in [-0.3, -0.25) is 14.9 Å². The molecule has 1 aromatic carbocycles. The summed E-state index contributed by atoms with van der Waals surface area (Å²) in [6.45, 7) is 5.00. The lowest BCUT2D eigenvalue weighted by Crippen LogP contribution is -2.39. The molecule has 2 N–H and O–H groups in total. The zero-order valence-electron chi connectivity index (χ0n) is 12.9. The van der Waals surface area contributed by atoms with Gasteiger partial charge in [-0.25, -0.2) is 4.79 Å². The summed E-state index contributed by atoms with van der Waals surface area (Å²) in [4.78, 5) is 34.1. The van der Waals surface area contributed by atoms with Gasteiger partial charge in [-0.05, 0) is 26.8 Å². The molecule has 1 amide bonds. The number of hydrogen-bond donors (Lipinski definition) is 2. The Kier molecular flexibility index (Phi) is 5.85. The summed E-state index contributed by atoms with van der Waals surface area (Å²) in [5.41, 5.74) is 0.151. The van der Waals surface area contributed by atoms with Gasteiger partial charge in [0.2, 0.25) is 0 Å². The van der Waals surface area contributed by atoms with E-state index in [1.807, 2.05) is 0 Å². The van der Waals surface area contributed by atoms with Crippen LogP contribution in [0.1, 0.15) is 31.1 Å². The lowest BCUT2D eigenvalue weighted by Gasteiger charge is -2.16. The predicted octanol–water partition coefficient (Wildman–Crippen LogP) is 1.71. The first-order valence-corrected chi connectivity index (χ1v) is 6.73. The third-order valence-electron chi connectivity index (χ3n) is 2.79. The van der Waals surface area contributed by atoms with E-state index < -0.39 is 22.9 Å². The number of esters is 1. The van der Waals surface area contributed by atoms with Crippen molar-refractivity contribution in [2.45, 2.75) is 32.9 Å². The number of nitro benzene ring substituents is 1. The molecule has 8 heteroatoms. The normalized spacial score (nSPS) is 11.7. The second-order valence-corrected chi connectivity index (χ2v) is 4.95. The minimum atomic E-state index is -1.00. The van der Waals surface area contributed by atoms with Crippen molar-refractivity contribution in [2.75, 3.05) is 12.4 Å². The molecule has 0 heterocycles. The Morgan fingerprint density at radius 2 is 1.91 bits per heavy atom. The number of benzene rings is 1. The van der Waals surface area contributed by atoms with Gasteiger partial charge in [-0.2, -0.15) is 0 Å². The molecule has 0 saturated carbocycles. The maximum Gasteiger partial charge on any atom is 0.341 e. The number of nitrogens with one attached hydrogen (secondary N) is 2. The van der Waals surface area contributed by atoms with Crippen molar-refractivity contribution in [1.29, 1.82) is 0 Å². The Morgan fingerprint density at radius 1 is 1.27 bits per heavy atom. The number of amides is 1. The Balaban J connectivity index is 2.94. The van der Waals surface area contributed by atoms with Gasteiger partial charge in [0.25, 0.3) is 11.6 Å². The quantitative estimate of drug-likeness (QED) is 0.470. The standard InChI is InChI=1S/C14H19N3O5/c1-8(2)16-13(18)9(3)22-14(19)11-7-10(17(20)21)5-6-12(11)15-4/h5-9,15H,1-4H3,(H,16,18)/t9-/m1/s1. The van der Waals surface area contributed by atoms with Crippen molar-refractivity contribution in [3.8, 4) is 0 Å². The van der Waals surface area contributed by atoms with E-state index in [2.05, 4.69) is 10.6 Å². The molecule has 0 aliphatic rings. The van der Waals surface area contributed by atoms with E-state index in [-0.39, 0.29) is 17.3 Å². The molecule has 120 valence electrons. The average Bonchev–Trinajstić information content (AvgIpc) is 2.45. The molecular weight excluding hydrogens is 290 g/mol. The Hall–Kier alpha value is -2.64. The lowest BCUT2D eigenvalue weighted by atomic mass is 10.1. The molecule has 1 aromatic rings. The summed E-state index contributed by atoms with van der Waals surface area (Å²) in [5, 5.41) is 16.2. The highest BCUT2D eigenvalue weighted by Crippen LogP contribution is 2.23. The Morgan fingerprint density at radius 3 is 2.41 bits per heavy atom. The van der Waals surface area contributed by atoms with Gasteiger partial charge in [0.15, 0.2) is 6.10 Å². The smallest absolute Gasteiger partial charge is 0.341 e. The van der Waals surface area contributed by atoms with Gasteiger partial charge in [0.1, 0.15) is 0 Å². The number of rotatable bonds is 6. The maximum absolute atomic E-state index is 12.1. The number of anilines is 1.